The second kappa shape index (κ2) is 14.5. The van der Waals surface area contributed by atoms with Crippen molar-refractivity contribution in [2.45, 2.75) is 81.9 Å². The van der Waals surface area contributed by atoms with Crippen LogP contribution in [0.5, 0.6) is 5.88 Å². The standard InChI is InChI=1S/C37H44FN7O4S/c1-37(2,13-16-46)43-36(47)26-9-10-32-33(18-26)45(28-19-29(20-28)50(3,40)48)34(41-32)22-44-14-11-25(12-15-44)31-5-4-6-35(42-31)49-23-27-8-7-24(21-39)17-30(27)38/h4-10,17-18,25,28-29,40,46H,11-16,19-20,22-23H2,1-3H3,(H,43,47). The third-order valence-corrected chi connectivity index (χ3v) is 11.6. The number of halogens is 1. The first-order valence-electron chi connectivity index (χ1n) is 17.0. The summed E-state index contributed by atoms with van der Waals surface area (Å²) in [6, 6.07) is 17.5. The summed E-state index contributed by atoms with van der Waals surface area (Å²) in [5.41, 5.74) is 3.13. The van der Waals surface area contributed by atoms with E-state index in [1.807, 2.05) is 44.2 Å². The van der Waals surface area contributed by atoms with Gasteiger partial charge < -0.3 is 19.7 Å². The zero-order chi connectivity index (χ0) is 35.6. The fourth-order valence-electron chi connectivity index (χ4n) is 6.85. The first kappa shape index (κ1) is 35.4. The van der Waals surface area contributed by atoms with Crippen molar-refractivity contribution in [2.75, 3.05) is 26.0 Å². The Bertz CT molecular complexity index is 2030. The number of aliphatic hydroxyl groups excluding tert-OH is 1. The van der Waals surface area contributed by atoms with Crippen LogP contribution >= 0.6 is 0 Å². The number of amides is 1. The average Bonchev–Trinajstić information content (AvgIpc) is 3.39. The number of carbonyl (C=O) groups excluding carboxylic acids is 1. The molecular formula is C37H44FN7O4S. The molecule has 1 aliphatic carbocycles. The summed E-state index contributed by atoms with van der Waals surface area (Å²) in [7, 11) is -2.66. The predicted molar refractivity (Wildman–Crippen MR) is 189 cm³/mol. The lowest BCUT2D eigenvalue weighted by atomic mass is 9.91. The van der Waals surface area contributed by atoms with Crippen molar-refractivity contribution in [3.05, 3.63) is 88.6 Å². The van der Waals surface area contributed by atoms with Crippen LogP contribution in [0.4, 0.5) is 4.39 Å². The first-order chi connectivity index (χ1) is 23.8. The van der Waals surface area contributed by atoms with Gasteiger partial charge in [-0.2, -0.15) is 5.26 Å². The molecule has 0 radical (unpaired) electrons. The van der Waals surface area contributed by atoms with E-state index in [1.165, 1.54) is 12.3 Å². The summed E-state index contributed by atoms with van der Waals surface area (Å²) < 4.78 is 43.0. The van der Waals surface area contributed by atoms with Crippen molar-refractivity contribution < 1.29 is 23.2 Å². The van der Waals surface area contributed by atoms with Gasteiger partial charge in [0.15, 0.2) is 0 Å². The van der Waals surface area contributed by atoms with Gasteiger partial charge in [0, 0.05) is 68.2 Å². The SMILES string of the molecule is CC(C)(CCO)NC(=O)c1ccc2nc(CN3CCC(c4cccc(OCc5ccc(C#N)cc5F)n4)CC3)n(C3CC(S(C)(=N)=O)C3)c2c1. The van der Waals surface area contributed by atoms with Crippen molar-refractivity contribution in [2.24, 2.45) is 0 Å². The minimum atomic E-state index is -2.66. The number of pyridine rings is 1. The maximum Gasteiger partial charge on any atom is 0.251 e. The highest BCUT2D eigenvalue weighted by atomic mass is 32.2. The van der Waals surface area contributed by atoms with Gasteiger partial charge in [-0.05, 0) is 95.4 Å². The van der Waals surface area contributed by atoms with E-state index in [4.69, 9.17) is 24.7 Å². The number of benzene rings is 2. The molecule has 50 heavy (non-hydrogen) atoms. The maximum atomic E-state index is 14.3. The van der Waals surface area contributed by atoms with Gasteiger partial charge in [0.25, 0.3) is 5.91 Å². The lowest BCUT2D eigenvalue weighted by Gasteiger charge is -2.38. The van der Waals surface area contributed by atoms with Crippen molar-refractivity contribution in [3.8, 4) is 11.9 Å². The van der Waals surface area contributed by atoms with Gasteiger partial charge >= 0.3 is 0 Å². The monoisotopic (exact) mass is 701 g/mol. The molecule has 3 N–H and O–H groups in total. The number of piperidine rings is 1. The molecule has 6 rings (SSSR count). The normalized spacial score (nSPS) is 19.8. The molecule has 2 aliphatic rings. The van der Waals surface area contributed by atoms with Crippen LogP contribution < -0.4 is 10.1 Å². The Morgan fingerprint density at radius 1 is 1.16 bits per heavy atom. The highest BCUT2D eigenvalue weighted by Gasteiger charge is 2.38. The molecule has 13 heteroatoms. The number of nitriles is 1. The largest absolute Gasteiger partial charge is 0.473 e. The number of hydrogen-bond acceptors (Lipinski definition) is 9. The lowest BCUT2D eigenvalue weighted by Crippen LogP contribution is -2.44. The molecular weight excluding hydrogens is 658 g/mol. The van der Waals surface area contributed by atoms with E-state index in [0.29, 0.717) is 42.8 Å². The number of nitrogens with one attached hydrogen (secondary N) is 2. The summed E-state index contributed by atoms with van der Waals surface area (Å²) in [6.45, 7) is 6.01. The molecule has 0 spiro atoms. The minimum Gasteiger partial charge on any atom is -0.473 e. The number of aliphatic hydroxyl groups is 1. The van der Waals surface area contributed by atoms with Crippen LogP contribution in [-0.2, 0) is 22.9 Å². The number of ether oxygens (including phenoxy) is 1. The maximum absolute atomic E-state index is 14.3. The van der Waals surface area contributed by atoms with Crippen LogP contribution in [0.3, 0.4) is 0 Å². The van der Waals surface area contributed by atoms with Gasteiger partial charge in [-0.1, -0.05) is 12.1 Å². The van der Waals surface area contributed by atoms with Crippen molar-refractivity contribution >= 4 is 26.7 Å². The molecule has 11 nitrogen and oxygen atoms in total. The molecule has 264 valence electrons. The highest BCUT2D eigenvalue weighted by Crippen LogP contribution is 2.40. The summed E-state index contributed by atoms with van der Waals surface area (Å²) in [5.74, 6) is 0.842. The topological polar surface area (TPSA) is 157 Å². The molecule has 1 saturated carbocycles. The fourth-order valence-corrected chi connectivity index (χ4v) is 8.03. The Labute approximate surface area is 292 Å². The molecule has 3 heterocycles. The fraction of sp³-hybridized carbons (Fsp3) is 0.459. The lowest BCUT2D eigenvalue weighted by molar-refractivity contribution is 0.0899. The zero-order valence-electron chi connectivity index (χ0n) is 28.7. The van der Waals surface area contributed by atoms with E-state index in [1.54, 1.807) is 24.3 Å². The summed E-state index contributed by atoms with van der Waals surface area (Å²) >= 11 is 0. The third kappa shape index (κ3) is 7.98. The molecule has 2 aromatic heterocycles. The Morgan fingerprint density at radius 2 is 1.92 bits per heavy atom. The van der Waals surface area contributed by atoms with Gasteiger partial charge in [0.2, 0.25) is 5.88 Å². The van der Waals surface area contributed by atoms with Crippen molar-refractivity contribution in [3.63, 3.8) is 0 Å². The number of carbonyl (C=O) groups is 1. The number of imidazole rings is 1. The third-order valence-electron chi connectivity index (χ3n) is 9.96. The molecule has 1 aliphatic heterocycles. The van der Waals surface area contributed by atoms with Crippen LogP contribution in [0.2, 0.25) is 0 Å². The van der Waals surface area contributed by atoms with Crippen LogP contribution in [-0.4, -0.2) is 71.4 Å². The highest BCUT2D eigenvalue weighted by molar-refractivity contribution is 7.92. The molecule has 1 atom stereocenters. The summed E-state index contributed by atoms with van der Waals surface area (Å²) in [4.78, 5) is 25.3. The van der Waals surface area contributed by atoms with E-state index in [-0.39, 0.29) is 41.9 Å². The van der Waals surface area contributed by atoms with Gasteiger partial charge in [-0.3, -0.25) is 14.5 Å². The number of nitrogens with zero attached hydrogens (tertiary/aromatic N) is 5. The molecule has 4 aromatic rings. The number of hydrogen-bond donors (Lipinski definition) is 3. The predicted octanol–water partition coefficient (Wildman–Crippen LogP) is 5.67. The van der Waals surface area contributed by atoms with E-state index in [2.05, 4.69) is 14.8 Å². The van der Waals surface area contributed by atoms with Crippen LogP contribution in [0.15, 0.2) is 54.6 Å². The van der Waals surface area contributed by atoms with Crippen molar-refractivity contribution in [1.29, 1.82) is 10.0 Å². The quantitative estimate of drug-likeness (QED) is 0.171. The first-order valence-corrected chi connectivity index (χ1v) is 19.0. The molecule has 0 bridgehead atoms. The zero-order valence-corrected chi connectivity index (χ0v) is 29.5. The van der Waals surface area contributed by atoms with E-state index in [0.717, 1.165) is 48.5 Å². The molecule has 2 aromatic carbocycles. The van der Waals surface area contributed by atoms with Crippen LogP contribution in [0, 0.1) is 21.9 Å². The minimum absolute atomic E-state index is 0.0141. The average molecular weight is 702 g/mol. The van der Waals surface area contributed by atoms with Gasteiger partial charge in [-0.25, -0.2) is 18.6 Å². The van der Waals surface area contributed by atoms with Gasteiger partial charge in [0.05, 0.1) is 29.2 Å². The van der Waals surface area contributed by atoms with Gasteiger partial charge in [-0.15, -0.1) is 0 Å². The second-order valence-corrected chi connectivity index (χ2v) is 16.7. The van der Waals surface area contributed by atoms with Gasteiger partial charge in [0.1, 0.15) is 18.2 Å². The summed E-state index contributed by atoms with van der Waals surface area (Å²) in [5, 5.41) is 21.2. The Morgan fingerprint density at radius 3 is 2.60 bits per heavy atom. The van der Waals surface area contributed by atoms with E-state index in [9.17, 15) is 18.5 Å². The van der Waals surface area contributed by atoms with Crippen LogP contribution in [0.1, 0.15) is 90.9 Å². The number of fused-ring (bicyclic) bond motifs is 1. The second-order valence-electron chi connectivity index (χ2n) is 14.2. The number of rotatable bonds is 12. The summed E-state index contributed by atoms with van der Waals surface area (Å²) in [6.07, 6.45) is 4.97. The smallest absolute Gasteiger partial charge is 0.251 e. The molecule has 1 saturated heterocycles. The Kier molecular flexibility index (Phi) is 10.3. The molecule has 2 fully saturated rings. The Hall–Kier alpha value is -4.38. The van der Waals surface area contributed by atoms with Crippen LogP contribution in [0.25, 0.3) is 11.0 Å². The number of aromatic nitrogens is 3. The Balaban J connectivity index is 1.15. The number of likely N-dealkylation sites (tertiary alicyclic amines) is 1. The van der Waals surface area contributed by atoms with E-state index >= 15 is 0 Å². The van der Waals surface area contributed by atoms with E-state index < -0.39 is 21.1 Å². The molecule has 1 amide bonds. The molecule has 1 unspecified atom stereocenters. The van der Waals surface area contributed by atoms with Crippen molar-refractivity contribution in [1.82, 2.24) is 24.8 Å².